The second-order valence-corrected chi connectivity index (χ2v) is 8.82. The minimum absolute atomic E-state index is 0.677. The molecule has 0 unspecified atom stereocenters. The summed E-state index contributed by atoms with van der Waals surface area (Å²) in [6.07, 6.45) is -16.1. The molecule has 26 heteroatoms. The van der Waals surface area contributed by atoms with Crippen LogP contribution in [0.15, 0.2) is 0 Å². The second kappa shape index (κ2) is 12.9. The molecule has 0 saturated heterocycles. The zero-order valence-electron chi connectivity index (χ0n) is 20.2. The quantitative estimate of drug-likeness (QED) is 0.144. The van der Waals surface area contributed by atoms with E-state index in [1.54, 1.807) is 0 Å². The van der Waals surface area contributed by atoms with E-state index in [1.165, 1.54) is 0 Å². The minimum atomic E-state index is -9.24. The van der Waals surface area contributed by atoms with Gasteiger partial charge in [-0.05, 0) is 20.8 Å². The van der Waals surface area contributed by atoms with Crippen LogP contribution in [-0.2, 0) is 13.3 Å². The fourth-order valence-corrected chi connectivity index (χ4v) is 3.20. The molecule has 0 amide bonds. The van der Waals surface area contributed by atoms with Gasteiger partial charge >= 0.3 is 69.3 Å². The van der Waals surface area contributed by atoms with Crippen molar-refractivity contribution in [2.24, 2.45) is 0 Å². The highest BCUT2D eigenvalue weighted by Gasteiger charge is 2.98. The molecule has 0 N–H and O–H groups in total. The van der Waals surface area contributed by atoms with E-state index in [-0.39, 0.29) is 0 Å². The van der Waals surface area contributed by atoms with Gasteiger partial charge in [-0.15, -0.1) is 0 Å². The molecule has 0 heterocycles. The van der Waals surface area contributed by atoms with E-state index in [1.807, 2.05) is 20.8 Å². The molecule has 0 atom stereocenters. The molecule has 0 aromatic carbocycles. The fraction of sp³-hybridized carbons (Fsp3) is 1.00. The highest BCUT2D eigenvalue weighted by Crippen LogP contribution is 2.66. The van der Waals surface area contributed by atoms with E-state index in [2.05, 4.69) is 0 Å². The average Bonchev–Trinajstić information content (AvgIpc) is 2.77. The molecule has 0 aliphatic rings. The van der Waals surface area contributed by atoms with Crippen molar-refractivity contribution in [2.75, 3.05) is 19.8 Å². The number of hydrogen-bond donors (Lipinski definition) is 0. The van der Waals surface area contributed by atoms with Gasteiger partial charge in [0.05, 0.1) is 0 Å². The molecule has 0 rings (SSSR count). The van der Waals surface area contributed by atoms with Crippen LogP contribution in [0.3, 0.4) is 0 Å². The summed E-state index contributed by atoms with van der Waals surface area (Å²) in [5.41, 5.74) is 0. The lowest BCUT2D eigenvalue weighted by atomic mass is 9.87. The zero-order chi connectivity index (χ0) is 34.8. The molecule has 3 nitrogen and oxygen atoms in total. The number of hydrogen-bond acceptors (Lipinski definition) is 3. The highest BCUT2D eigenvalue weighted by atomic mass is 28.3. The standard InChI is InChI=1S/C10F22.C6H16O3Si/c11-1(12,3(15,16)5(19,20)7(23,24)9(27,28)29)2(13,14)4(17,18)6(21,22)8(25,26)10(30,31)32;1-4-7-10(8-5-2)9-6-3/h;10H,4-6H2,1-3H3. The van der Waals surface area contributed by atoms with Crippen molar-refractivity contribution < 1.29 is 110 Å². The smallest absolute Gasteiger partial charge is 0.376 e. The monoisotopic (exact) mass is 702 g/mol. The number of halogens is 22. The molecule has 0 fully saturated rings. The first-order chi connectivity index (χ1) is 18.1. The van der Waals surface area contributed by atoms with E-state index >= 15 is 0 Å². The van der Waals surface area contributed by atoms with Gasteiger partial charge in [-0.3, -0.25) is 0 Å². The SMILES string of the molecule is CCO[SiH](OCC)OCC.FC(F)(F)C(F)(F)C(F)(F)C(F)(F)C(F)(F)C(F)(F)C(F)(F)C(F)(F)C(F)(F)C(F)(F)F. The molecule has 0 aromatic rings. The lowest BCUT2D eigenvalue weighted by Crippen LogP contribution is -2.76. The van der Waals surface area contributed by atoms with Crippen molar-refractivity contribution in [1.29, 1.82) is 0 Å². The van der Waals surface area contributed by atoms with Crippen molar-refractivity contribution in [3.63, 3.8) is 0 Å². The summed E-state index contributed by atoms with van der Waals surface area (Å²) in [5, 5.41) is 0. The van der Waals surface area contributed by atoms with Crippen LogP contribution in [-0.4, -0.2) is 89.1 Å². The van der Waals surface area contributed by atoms with Crippen molar-refractivity contribution >= 4 is 9.53 Å². The molecule has 0 aromatic heterocycles. The summed E-state index contributed by atoms with van der Waals surface area (Å²) in [6.45, 7) is 7.86. The lowest BCUT2D eigenvalue weighted by Gasteiger charge is -2.43. The van der Waals surface area contributed by atoms with Crippen molar-refractivity contribution in [3.05, 3.63) is 0 Å². The van der Waals surface area contributed by atoms with Crippen molar-refractivity contribution in [2.45, 2.75) is 80.5 Å². The third-order valence-corrected chi connectivity index (χ3v) is 6.20. The zero-order valence-corrected chi connectivity index (χ0v) is 21.4. The highest BCUT2D eigenvalue weighted by molar-refractivity contribution is 6.36. The van der Waals surface area contributed by atoms with Gasteiger partial charge < -0.3 is 13.3 Å². The number of rotatable bonds is 13. The van der Waals surface area contributed by atoms with Gasteiger partial charge in [0.15, 0.2) is 0 Å². The molecular weight excluding hydrogens is 686 g/mol. The molecule has 0 aliphatic heterocycles. The maximum absolute atomic E-state index is 13.1. The van der Waals surface area contributed by atoms with Gasteiger partial charge in [-0.1, -0.05) is 0 Å². The summed E-state index contributed by atoms with van der Waals surface area (Å²) in [7, 11) is -1.73. The Balaban J connectivity index is 0. The Kier molecular flexibility index (Phi) is 13.1. The second-order valence-electron chi connectivity index (χ2n) is 7.25. The van der Waals surface area contributed by atoms with Crippen LogP contribution in [0.25, 0.3) is 0 Å². The molecule has 42 heavy (non-hydrogen) atoms. The molecule has 0 radical (unpaired) electrons. The van der Waals surface area contributed by atoms with E-state index in [9.17, 15) is 96.6 Å². The van der Waals surface area contributed by atoms with Crippen molar-refractivity contribution in [3.8, 4) is 0 Å². The van der Waals surface area contributed by atoms with Gasteiger partial charge in [0.25, 0.3) is 0 Å². The molecule has 0 bridgehead atoms. The first-order valence-electron chi connectivity index (χ1n) is 10.1. The first kappa shape index (κ1) is 42.7. The van der Waals surface area contributed by atoms with Gasteiger partial charge in [0.2, 0.25) is 0 Å². The van der Waals surface area contributed by atoms with Crippen LogP contribution in [0, 0.1) is 0 Å². The third kappa shape index (κ3) is 6.93. The van der Waals surface area contributed by atoms with Crippen LogP contribution in [0.1, 0.15) is 20.8 Å². The largest absolute Gasteiger partial charge is 0.484 e. The molecule has 0 spiro atoms. The molecular formula is C16H16F22O3Si. The first-order valence-corrected chi connectivity index (χ1v) is 11.5. The van der Waals surface area contributed by atoms with Crippen LogP contribution >= 0.6 is 0 Å². The summed E-state index contributed by atoms with van der Waals surface area (Å²) < 4.78 is 292. The Morgan fingerprint density at radius 1 is 0.310 bits per heavy atom. The van der Waals surface area contributed by atoms with Crippen LogP contribution in [0.2, 0.25) is 0 Å². The summed E-state index contributed by atoms with van der Waals surface area (Å²) in [6, 6.07) is 0. The van der Waals surface area contributed by atoms with Crippen molar-refractivity contribution in [1.82, 2.24) is 0 Å². The fourth-order valence-electron chi connectivity index (χ4n) is 2.09. The maximum atomic E-state index is 13.1. The Hall–Kier alpha value is -1.44. The Morgan fingerprint density at radius 3 is 0.571 bits per heavy atom. The Morgan fingerprint density at radius 2 is 0.452 bits per heavy atom. The van der Waals surface area contributed by atoms with Gasteiger partial charge in [-0.25, -0.2) is 0 Å². The van der Waals surface area contributed by atoms with Gasteiger partial charge in [-0.2, -0.15) is 96.6 Å². The molecule has 0 saturated carbocycles. The summed E-state index contributed by atoms with van der Waals surface area (Å²) >= 11 is 0. The van der Waals surface area contributed by atoms with Gasteiger partial charge in [0.1, 0.15) is 0 Å². The predicted octanol–water partition coefficient (Wildman–Crippen LogP) is 8.01. The van der Waals surface area contributed by atoms with E-state index in [0.29, 0.717) is 19.8 Å². The van der Waals surface area contributed by atoms with Crippen LogP contribution in [0.4, 0.5) is 96.6 Å². The third-order valence-electron chi connectivity index (χ3n) is 4.38. The minimum Gasteiger partial charge on any atom is -0.376 e. The Labute approximate surface area is 221 Å². The summed E-state index contributed by atoms with van der Waals surface area (Å²) in [4.78, 5) is 0. The summed E-state index contributed by atoms with van der Waals surface area (Å²) in [5.74, 6) is -71.5. The van der Waals surface area contributed by atoms with E-state index in [0.717, 1.165) is 0 Å². The number of alkyl halides is 22. The topological polar surface area (TPSA) is 27.7 Å². The Bertz CT molecular complexity index is 777. The normalized spacial score (nSPS) is 15.6. The van der Waals surface area contributed by atoms with E-state index < -0.39 is 69.3 Å². The molecule has 0 aliphatic carbocycles. The van der Waals surface area contributed by atoms with Gasteiger partial charge in [0, 0.05) is 19.8 Å². The average molecular weight is 702 g/mol. The van der Waals surface area contributed by atoms with Crippen LogP contribution < -0.4 is 0 Å². The molecule has 256 valence electrons. The lowest BCUT2D eigenvalue weighted by molar-refractivity contribution is -0.478. The van der Waals surface area contributed by atoms with E-state index in [4.69, 9.17) is 13.3 Å². The maximum Gasteiger partial charge on any atom is 0.484 e. The van der Waals surface area contributed by atoms with Crippen LogP contribution in [0.5, 0.6) is 0 Å². The predicted molar refractivity (Wildman–Crippen MR) is 93.7 cm³/mol.